The molecular formula is C10H15ClN2O2S. The molecule has 1 rings (SSSR count). The number of benzene rings is 1. The fraction of sp³-hybridized carbons (Fsp3) is 0.400. The van der Waals surface area contributed by atoms with Crippen LogP contribution in [0.4, 0.5) is 0 Å². The highest BCUT2D eigenvalue weighted by atomic mass is 35.5. The third kappa shape index (κ3) is 3.45. The summed E-state index contributed by atoms with van der Waals surface area (Å²) >= 11 is 5.86. The molecule has 6 heteroatoms. The molecule has 0 saturated carbocycles. The molecule has 0 aliphatic carbocycles. The molecule has 0 aromatic heterocycles. The fourth-order valence-electron chi connectivity index (χ4n) is 1.20. The van der Waals surface area contributed by atoms with Crippen LogP contribution >= 0.6 is 11.6 Å². The van der Waals surface area contributed by atoms with Gasteiger partial charge >= 0.3 is 0 Å². The molecule has 0 radical (unpaired) electrons. The minimum Gasteiger partial charge on any atom is -0.318 e. The van der Waals surface area contributed by atoms with E-state index in [0.29, 0.717) is 13.1 Å². The molecule has 0 saturated heterocycles. The topological polar surface area (TPSA) is 58.2 Å². The summed E-state index contributed by atoms with van der Waals surface area (Å²) in [6.07, 6.45) is 0. The number of hydrogen-bond donors (Lipinski definition) is 2. The maximum absolute atomic E-state index is 11.9. The molecule has 0 amide bonds. The smallest absolute Gasteiger partial charge is 0.242 e. The Morgan fingerprint density at radius 2 is 2.00 bits per heavy atom. The Morgan fingerprint density at radius 3 is 2.62 bits per heavy atom. The summed E-state index contributed by atoms with van der Waals surface area (Å²) in [6, 6.07) is 4.92. The predicted molar refractivity (Wildman–Crippen MR) is 65.3 cm³/mol. The van der Waals surface area contributed by atoms with Crippen LogP contribution in [0.3, 0.4) is 0 Å². The van der Waals surface area contributed by atoms with E-state index in [1.807, 2.05) is 6.92 Å². The summed E-state index contributed by atoms with van der Waals surface area (Å²) in [6.45, 7) is 2.73. The van der Waals surface area contributed by atoms with Crippen LogP contribution in [0.2, 0.25) is 5.02 Å². The number of halogens is 1. The van der Waals surface area contributed by atoms with Crippen molar-refractivity contribution < 1.29 is 8.42 Å². The summed E-state index contributed by atoms with van der Waals surface area (Å²) in [7, 11) is -1.75. The quantitative estimate of drug-likeness (QED) is 0.783. The van der Waals surface area contributed by atoms with E-state index in [-0.39, 0.29) is 9.92 Å². The van der Waals surface area contributed by atoms with Crippen LogP contribution in [-0.4, -0.2) is 28.6 Å². The van der Waals surface area contributed by atoms with Gasteiger partial charge in [0.05, 0.1) is 5.02 Å². The lowest BCUT2D eigenvalue weighted by Gasteiger charge is -2.08. The largest absolute Gasteiger partial charge is 0.318 e. The molecule has 0 spiro atoms. The Kier molecular flexibility index (Phi) is 4.73. The average molecular weight is 263 g/mol. The van der Waals surface area contributed by atoms with Crippen molar-refractivity contribution in [3.05, 3.63) is 28.8 Å². The Labute approximate surface area is 101 Å². The number of aryl methyl sites for hydroxylation is 1. The molecule has 0 atom stereocenters. The van der Waals surface area contributed by atoms with Crippen molar-refractivity contribution in [2.24, 2.45) is 0 Å². The minimum absolute atomic E-state index is 0.130. The van der Waals surface area contributed by atoms with Crippen molar-refractivity contribution in [2.45, 2.75) is 11.8 Å². The van der Waals surface area contributed by atoms with Gasteiger partial charge in [-0.15, -0.1) is 0 Å². The molecular weight excluding hydrogens is 248 g/mol. The van der Waals surface area contributed by atoms with Crippen molar-refractivity contribution in [3.63, 3.8) is 0 Å². The predicted octanol–water partition coefficient (Wildman–Crippen LogP) is 1.15. The van der Waals surface area contributed by atoms with E-state index >= 15 is 0 Å². The van der Waals surface area contributed by atoms with Gasteiger partial charge in [-0.25, -0.2) is 13.1 Å². The van der Waals surface area contributed by atoms with E-state index in [0.717, 1.165) is 5.56 Å². The van der Waals surface area contributed by atoms with Crippen molar-refractivity contribution >= 4 is 21.6 Å². The van der Waals surface area contributed by atoms with E-state index in [1.165, 1.54) is 0 Å². The highest BCUT2D eigenvalue weighted by Crippen LogP contribution is 2.21. The first-order valence-corrected chi connectivity index (χ1v) is 6.74. The average Bonchev–Trinajstić information content (AvgIpc) is 2.22. The van der Waals surface area contributed by atoms with Gasteiger partial charge in [-0.2, -0.15) is 0 Å². The van der Waals surface area contributed by atoms with Gasteiger partial charge < -0.3 is 5.32 Å². The van der Waals surface area contributed by atoms with Crippen LogP contribution in [0.5, 0.6) is 0 Å². The summed E-state index contributed by atoms with van der Waals surface area (Å²) in [5, 5.41) is 3.10. The van der Waals surface area contributed by atoms with Crippen LogP contribution in [0.1, 0.15) is 5.56 Å². The van der Waals surface area contributed by atoms with Crippen molar-refractivity contribution in [3.8, 4) is 0 Å². The van der Waals surface area contributed by atoms with E-state index < -0.39 is 10.0 Å². The number of hydrogen-bond acceptors (Lipinski definition) is 3. The fourth-order valence-corrected chi connectivity index (χ4v) is 2.82. The summed E-state index contributed by atoms with van der Waals surface area (Å²) in [5.41, 5.74) is 0.860. The first-order valence-electron chi connectivity index (χ1n) is 4.88. The third-order valence-electron chi connectivity index (χ3n) is 2.04. The first-order chi connectivity index (χ1) is 7.47. The molecule has 1 aromatic rings. The zero-order valence-corrected chi connectivity index (χ0v) is 10.8. The van der Waals surface area contributed by atoms with Gasteiger partial charge in [0, 0.05) is 13.1 Å². The van der Waals surface area contributed by atoms with Gasteiger partial charge in [0.2, 0.25) is 10.0 Å². The number of nitrogens with one attached hydrogen (secondary N) is 2. The van der Waals surface area contributed by atoms with E-state index in [2.05, 4.69) is 10.0 Å². The standard InChI is InChI=1S/C10H15ClN2O2S/c1-8-3-4-9(11)10(7-8)16(14,15)13-6-5-12-2/h3-4,7,12-13H,5-6H2,1-2H3. The van der Waals surface area contributed by atoms with Crippen molar-refractivity contribution in [1.29, 1.82) is 0 Å². The molecule has 0 heterocycles. The molecule has 2 N–H and O–H groups in total. The second-order valence-corrected chi connectivity index (χ2v) is 5.58. The summed E-state index contributed by atoms with van der Waals surface area (Å²) in [5.74, 6) is 0. The van der Waals surface area contributed by atoms with Crippen molar-refractivity contribution in [2.75, 3.05) is 20.1 Å². The van der Waals surface area contributed by atoms with Gasteiger partial charge in [-0.05, 0) is 31.7 Å². The zero-order valence-electron chi connectivity index (χ0n) is 9.25. The maximum Gasteiger partial charge on any atom is 0.242 e. The van der Waals surface area contributed by atoms with Gasteiger partial charge in [-0.3, -0.25) is 0 Å². The molecule has 0 unspecified atom stereocenters. The maximum atomic E-state index is 11.9. The monoisotopic (exact) mass is 262 g/mol. The molecule has 0 aliphatic heterocycles. The van der Waals surface area contributed by atoms with Crippen molar-refractivity contribution in [1.82, 2.24) is 10.0 Å². The molecule has 0 aliphatic rings. The Hall–Kier alpha value is -0.620. The van der Waals surface area contributed by atoms with Crippen LogP contribution in [0.25, 0.3) is 0 Å². The summed E-state index contributed by atoms with van der Waals surface area (Å²) < 4.78 is 26.2. The minimum atomic E-state index is -3.51. The van der Waals surface area contributed by atoms with Crippen LogP contribution in [0, 0.1) is 6.92 Å². The molecule has 0 fully saturated rings. The van der Waals surface area contributed by atoms with Crippen LogP contribution < -0.4 is 10.0 Å². The van der Waals surface area contributed by atoms with Gasteiger partial charge in [0.15, 0.2) is 0 Å². The number of sulfonamides is 1. The zero-order chi connectivity index (χ0) is 12.2. The molecule has 4 nitrogen and oxygen atoms in total. The molecule has 16 heavy (non-hydrogen) atoms. The lowest BCUT2D eigenvalue weighted by Crippen LogP contribution is -2.30. The highest BCUT2D eigenvalue weighted by molar-refractivity contribution is 7.89. The first kappa shape index (κ1) is 13.4. The van der Waals surface area contributed by atoms with Crippen LogP contribution in [-0.2, 0) is 10.0 Å². The van der Waals surface area contributed by atoms with Crippen LogP contribution in [0.15, 0.2) is 23.1 Å². The normalized spacial score (nSPS) is 11.7. The second kappa shape index (κ2) is 5.63. The van der Waals surface area contributed by atoms with Gasteiger partial charge in [0.25, 0.3) is 0 Å². The highest BCUT2D eigenvalue weighted by Gasteiger charge is 2.16. The number of likely N-dealkylation sites (N-methyl/N-ethyl adjacent to an activating group) is 1. The second-order valence-electron chi connectivity index (χ2n) is 3.44. The van der Waals surface area contributed by atoms with Gasteiger partial charge in [-0.1, -0.05) is 17.7 Å². The van der Waals surface area contributed by atoms with E-state index in [9.17, 15) is 8.42 Å². The molecule has 0 bridgehead atoms. The third-order valence-corrected chi connectivity index (χ3v) is 3.99. The lowest BCUT2D eigenvalue weighted by molar-refractivity contribution is 0.579. The van der Waals surface area contributed by atoms with E-state index in [4.69, 9.17) is 11.6 Å². The molecule has 90 valence electrons. The lowest BCUT2D eigenvalue weighted by atomic mass is 10.2. The Morgan fingerprint density at radius 1 is 1.31 bits per heavy atom. The summed E-state index contributed by atoms with van der Waals surface area (Å²) in [4.78, 5) is 0.130. The van der Waals surface area contributed by atoms with E-state index in [1.54, 1.807) is 25.2 Å². The Bertz CT molecular complexity index is 460. The van der Waals surface area contributed by atoms with Gasteiger partial charge in [0.1, 0.15) is 4.90 Å². The SMILES string of the molecule is CNCCNS(=O)(=O)c1cc(C)ccc1Cl. The Balaban J connectivity index is 2.93. The number of rotatable bonds is 5. The molecule has 1 aromatic carbocycles.